The summed E-state index contributed by atoms with van der Waals surface area (Å²) in [5.41, 5.74) is 3.26. The first-order valence-electron chi connectivity index (χ1n) is 10.2. The van der Waals surface area contributed by atoms with Crippen molar-refractivity contribution >= 4 is 10.8 Å². The molecule has 6 nitrogen and oxygen atoms in total. The molecule has 0 spiro atoms. The molecule has 0 atom stereocenters. The number of halogens is 1. The van der Waals surface area contributed by atoms with Gasteiger partial charge in [0.1, 0.15) is 6.61 Å². The minimum absolute atomic E-state index is 0. The van der Waals surface area contributed by atoms with E-state index in [0.717, 1.165) is 28.4 Å². The van der Waals surface area contributed by atoms with Crippen LogP contribution in [0.25, 0.3) is 21.9 Å². The normalized spacial score (nSPS) is 10.7. The molecule has 0 fully saturated rings. The van der Waals surface area contributed by atoms with Crippen LogP contribution in [0.5, 0.6) is 11.5 Å². The summed E-state index contributed by atoms with van der Waals surface area (Å²) in [7, 11) is 1.68. The van der Waals surface area contributed by atoms with Crippen LogP contribution in [-0.4, -0.2) is 37.1 Å². The highest BCUT2D eigenvalue weighted by Gasteiger charge is 2.18. The van der Waals surface area contributed by atoms with Crippen molar-refractivity contribution in [3.63, 3.8) is 0 Å². The maximum Gasteiger partial charge on any atom is 0.171 e. The fraction of sp³-hybridized carbons (Fsp3) is 0.375. The first kappa shape index (κ1) is 25.3. The lowest BCUT2D eigenvalue weighted by molar-refractivity contribution is -0.698. The lowest BCUT2D eigenvalue weighted by Gasteiger charge is -2.18. The van der Waals surface area contributed by atoms with Gasteiger partial charge in [-0.05, 0) is 65.1 Å². The van der Waals surface area contributed by atoms with Gasteiger partial charge < -0.3 is 48.4 Å². The molecule has 31 heavy (non-hydrogen) atoms. The van der Waals surface area contributed by atoms with Crippen molar-refractivity contribution in [3.8, 4) is 22.6 Å². The minimum atomic E-state index is -0.170. The Morgan fingerprint density at radius 3 is 2.10 bits per heavy atom. The van der Waals surface area contributed by atoms with Crippen LogP contribution in [0, 0.1) is 0 Å². The van der Waals surface area contributed by atoms with Crippen molar-refractivity contribution in [2.45, 2.75) is 33.6 Å². The summed E-state index contributed by atoms with van der Waals surface area (Å²) in [6, 6.07) is 9.84. The van der Waals surface area contributed by atoms with Crippen LogP contribution < -0.4 is 38.0 Å². The van der Waals surface area contributed by atoms with E-state index in [2.05, 4.69) is 0 Å². The van der Waals surface area contributed by atoms with Crippen molar-refractivity contribution in [2.24, 2.45) is 0 Å². The summed E-state index contributed by atoms with van der Waals surface area (Å²) in [6.45, 7) is 5.98. The summed E-state index contributed by atoms with van der Waals surface area (Å²) >= 11 is 0. The summed E-state index contributed by atoms with van der Waals surface area (Å²) in [5, 5.41) is 22.0. The van der Waals surface area contributed by atoms with Gasteiger partial charge in [0.05, 0.1) is 26.4 Å². The second-order valence-corrected chi connectivity index (χ2v) is 6.91. The number of fused-ring (bicyclic) bond motifs is 1. The monoisotopic (exact) mass is 539 g/mol. The zero-order chi connectivity index (χ0) is 21.5. The fourth-order valence-electron chi connectivity index (χ4n) is 3.67. The Balaban J connectivity index is 0.00000341. The van der Waals surface area contributed by atoms with E-state index in [4.69, 9.17) is 14.2 Å². The number of hydrogen-bond acceptors (Lipinski definition) is 5. The maximum atomic E-state index is 10.1. The minimum Gasteiger partial charge on any atom is -1.00 e. The number of ether oxygens (including phenoxy) is 3. The third kappa shape index (κ3) is 5.65. The second kappa shape index (κ2) is 12.2. The Kier molecular flexibility index (Phi) is 9.95. The lowest BCUT2D eigenvalue weighted by Crippen LogP contribution is -3.00. The van der Waals surface area contributed by atoms with Crippen molar-refractivity contribution in [1.29, 1.82) is 0 Å². The van der Waals surface area contributed by atoms with Crippen LogP contribution in [0.15, 0.2) is 42.7 Å². The van der Waals surface area contributed by atoms with Crippen LogP contribution >= 0.6 is 0 Å². The molecule has 168 valence electrons. The smallest absolute Gasteiger partial charge is 0.171 e. The zero-order valence-electron chi connectivity index (χ0n) is 18.2. The van der Waals surface area contributed by atoms with Gasteiger partial charge in [-0.2, -0.15) is 0 Å². The van der Waals surface area contributed by atoms with E-state index in [1.54, 1.807) is 7.11 Å². The fourth-order valence-corrected chi connectivity index (χ4v) is 3.67. The predicted octanol–water partition coefficient (Wildman–Crippen LogP) is 0.227. The molecule has 0 aliphatic heterocycles. The van der Waals surface area contributed by atoms with Crippen LogP contribution in [0.1, 0.15) is 25.0 Å². The molecule has 0 aliphatic carbocycles. The van der Waals surface area contributed by atoms with Gasteiger partial charge in [0.2, 0.25) is 0 Å². The Bertz CT molecular complexity index is 992. The van der Waals surface area contributed by atoms with Gasteiger partial charge in [0, 0.05) is 19.2 Å². The predicted molar refractivity (Wildman–Crippen MR) is 116 cm³/mol. The number of aromatic nitrogens is 1. The third-order valence-electron chi connectivity index (χ3n) is 5.07. The zero-order valence-corrected chi connectivity index (χ0v) is 20.4. The summed E-state index contributed by atoms with van der Waals surface area (Å²) in [6.07, 6.45) is 3.98. The van der Waals surface area contributed by atoms with E-state index in [-0.39, 0.29) is 37.2 Å². The molecule has 0 amide bonds. The number of methoxy groups -OCH3 is 1. The molecule has 0 unspecified atom stereocenters. The first-order chi connectivity index (χ1) is 14.7. The van der Waals surface area contributed by atoms with Gasteiger partial charge in [0.25, 0.3) is 0 Å². The molecule has 0 saturated carbocycles. The van der Waals surface area contributed by atoms with Gasteiger partial charge in [-0.15, -0.1) is 0 Å². The van der Waals surface area contributed by atoms with Gasteiger partial charge in [-0.25, -0.2) is 4.57 Å². The highest BCUT2D eigenvalue weighted by atomic mass is 127. The van der Waals surface area contributed by atoms with Crippen LogP contribution in [0.3, 0.4) is 0 Å². The molecule has 3 aromatic rings. The molecule has 2 aromatic carbocycles. The molecule has 1 aromatic heterocycles. The molecule has 3 rings (SSSR count). The standard InChI is InChI=1S/C24H30NO5.HI/c1-4-29-22-13-18-12-19(15-26)21(16-27)24(20(18)14-23(22)30-5-2)17-6-8-25(9-7-17)10-11-28-3;/h6-9,12-14,26-27H,4-5,10-11,15-16H2,1-3H3;1H/q+1;/p-1. The van der Waals surface area contributed by atoms with E-state index >= 15 is 0 Å². The lowest BCUT2D eigenvalue weighted by atomic mass is 9.90. The number of hydrogen-bond donors (Lipinski definition) is 2. The number of benzene rings is 2. The highest BCUT2D eigenvalue weighted by molar-refractivity contribution is 6.00. The largest absolute Gasteiger partial charge is 1.00 e. The van der Waals surface area contributed by atoms with Crippen molar-refractivity contribution < 1.29 is 53.0 Å². The molecule has 7 heteroatoms. The molecule has 2 N–H and O–H groups in total. The average molecular weight is 539 g/mol. The van der Waals surface area contributed by atoms with Gasteiger partial charge in [-0.3, -0.25) is 0 Å². The molecule has 0 saturated heterocycles. The van der Waals surface area contributed by atoms with E-state index in [9.17, 15) is 10.2 Å². The molecule has 0 bridgehead atoms. The van der Waals surface area contributed by atoms with E-state index in [1.165, 1.54) is 0 Å². The number of pyridine rings is 1. The van der Waals surface area contributed by atoms with Crippen LogP contribution in [0.4, 0.5) is 0 Å². The van der Waals surface area contributed by atoms with E-state index < -0.39 is 0 Å². The Labute approximate surface area is 200 Å². The molecular formula is C24H30INO5. The van der Waals surface area contributed by atoms with Crippen molar-refractivity contribution in [3.05, 3.63) is 53.9 Å². The summed E-state index contributed by atoms with van der Waals surface area (Å²) in [5.74, 6) is 1.34. The van der Waals surface area contributed by atoms with E-state index in [0.29, 0.717) is 42.4 Å². The highest BCUT2D eigenvalue weighted by Crippen LogP contribution is 2.40. The molecule has 0 aliphatic rings. The van der Waals surface area contributed by atoms with Crippen LogP contribution in [0.2, 0.25) is 0 Å². The maximum absolute atomic E-state index is 10.1. The molecule has 1 heterocycles. The van der Waals surface area contributed by atoms with Crippen molar-refractivity contribution in [2.75, 3.05) is 26.9 Å². The summed E-state index contributed by atoms with van der Waals surface area (Å²) in [4.78, 5) is 0. The summed E-state index contributed by atoms with van der Waals surface area (Å²) < 4.78 is 18.8. The number of aliphatic hydroxyl groups excluding tert-OH is 2. The topological polar surface area (TPSA) is 72.0 Å². The Morgan fingerprint density at radius 2 is 1.55 bits per heavy atom. The van der Waals surface area contributed by atoms with Gasteiger partial charge >= 0.3 is 0 Å². The van der Waals surface area contributed by atoms with Gasteiger partial charge in [0.15, 0.2) is 30.4 Å². The van der Waals surface area contributed by atoms with Gasteiger partial charge in [-0.1, -0.05) is 0 Å². The second-order valence-electron chi connectivity index (χ2n) is 6.91. The SMILES string of the molecule is CCOc1cc2cc(CO)c(CO)c(-c3cc[n+](CCOC)cc3)c2cc1OCC.[I-]. The number of rotatable bonds is 10. The third-order valence-corrected chi connectivity index (χ3v) is 5.07. The quantitative estimate of drug-likeness (QED) is 0.285. The molecule has 0 radical (unpaired) electrons. The number of nitrogens with zero attached hydrogens (tertiary/aromatic N) is 1. The van der Waals surface area contributed by atoms with E-state index in [1.807, 2.05) is 61.1 Å². The first-order valence-corrected chi connectivity index (χ1v) is 10.2. The Hall–Kier alpha value is -1.94. The van der Waals surface area contributed by atoms with Crippen LogP contribution in [-0.2, 0) is 24.5 Å². The average Bonchev–Trinajstić information content (AvgIpc) is 2.77. The Morgan fingerprint density at radius 1 is 0.903 bits per heavy atom. The number of aliphatic hydroxyl groups is 2. The molecular weight excluding hydrogens is 509 g/mol. The van der Waals surface area contributed by atoms with Crippen molar-refractivity contribution in [1.82, 2.24) is 0 Å².